The number of hydrogen-bond acceptors (Lipinski definition) is 2. The third-order valence-corrected chi connectivity index (χ3v) is 1.91. The maximum absolute atomic E-state index is 9.51. The van der Waals surface area contributed by atoms with E-state index in [0.717, 1.165) is 32.4 Å². The zero-order valence-electron chi connectivity index (χ0n) is 5.98. The second kappa shape index (κ2) is 2.67. The van der Waals surface area contributed by atoms with E-state index in [2.05, 4.69) is 5.32 Å². The van der Waals surface area contributed by atoms with Crippen LogP contribution in [0.25, 0.3) is 0 Å². The van der Waals surface area contributed by atoms with E-state index in [0.29, 0.717) is 0 Å². The first kappa shape index (κ1) is 7.03. The van der Waals surface area contributed by atoms with Crippen molar-refractivity contribution in [2.45, 2.75) is 31.8 Å². The van der Waals surface area contributed by atoms with Gasteiger partial charge in [0.05, 0.1) is 5.60 Å². The molecule has 1 aliphatic heterocycles. The fourth-order valence-corrected chi connectivity index (χ4v) is 1.20. The Labute approximate surface area is 56.3 Å². The summed E-state index contributed by atoms with van der Waals surface area (Å²) in [5.74, 6) is 0. The van der Waals surface area contributed by atoms with Crippen LogP contribution in [0.15, 0.2) is 0 Å². The molecule has 2 N–H and O–H groups in total. The number of hydrogen-bond donors (Lipinski definition) is 2. The smallest absolute Gasteiger partial charge is 0.0632 e. The lowest BCUT2D eigenvalue weighted by Gasteiger charge is -2.19. The molecular weight excluding hydrogens is 114 g/mol. The third kappa shape index (κ3) is 2.33. The van der Waals surface area contributed by atoms with Gasteiger partial charge in [-0.1, -0.05) is 0 Å². The average molecular weight is 129 g/mol. The number of aliphatic hydroxyl groups is 1. The largest absolute Gasteiger partial charge is 0.390 e. The van der Waals surface area contributed by atoms with Gasteiger partial charge in [0.15, 0.2) is 0 Å². The first-order valence-electron chi connectivity index (χ1n) is 3.64. The maximum atomic E-state index is 9.51. The molecule has 1 rings (SSSR count). The van der Waals surface area contributed by atoms with Gasteiger partial charge in [-0.25, -0.2) is 0 Å². The normalized spacial score (nSPS) is 38.0. The van der Waals surface area contributed by atoms with Crippen LogP contribution in [0.4, 0.5) is 0 Å². The fourth-order valence-electron chi connectivity index (χ4n) is 1.20. The summed E-state index contributed by atoms with van der Waals surface area (Å²) in [5, 5.41) is 12.8. The Kier molecular flexibility index (Phi) is 2.09. The van der Waals surface area contributed by atoms with Crippen LogP contribution in [-0.2, 0) is 0 Å². The molecule has 0 bridgehead atoms. The van der Waals surface area contributed by atoms with Gasteiger partial charge >= 0.3 is 0 Å². The van der Waals surface area contributed by atoms with Crippen LogP contribution < -0.4 is 5.32 Å². The monoisotopic (exact) mass is 129 g/mol. The standard InChI is InChI=1S/C7H15NO/c1-7(9)3-2-5-8-6-4-7/h8-9H,2-6H2,1H3. The molecule has 0 aromatic carbocycles. The first-order valence-corrected chi connectivity index (χ1v) is 3.64. The van der Waals surface area contributed by atoms with E-state index >= 15 is 0 Å². The van der Waals surface area contributed by atoms with Crippen molar-refractivity contribution in [1.29, 1.82) is 0 Å². The van der Waals surface area contributed by atoms with Gasteiger partial charge in [-0.3, -0.25) is 0 Å². The van der Waals surface area contributed by atoms with Gasteiger partial charge in [0.1, 0.15) is 0 Å². The summed E-state index contributed by atoms with van der Waals surface area (Å²) < 4.78 is 0. The maximum Gasteiger partial charge on any atom is 0.0632 e. The van der Waals surface area contributed by atoms with E-state index < -0.39 is 5.60 Å². The molecule has 1 saturated heterocycles. The van der Waals surface area contributed by atoms with Gasteiger partial charge in [0.25, 0.3) is 0 Å². The van der Waals surface area contributed by atoms with E-state index in [1.165, 1.54) is 0 Å². The number of nitrogens with one attached hydrogen (secondary N) is 1. The van der Waals surface area contributed by atoms with Crippen molar-refractivity contribution in [2.75, 3.05) is 13.1 Å². The molecule has 0 aliphatic carbocycles. The molecule has 0 saturated carbocycles. The predicted molar refractivity (Wildman–Crippen MR) is 37.3 cm³/mol. The van der Waals surface area contributed by atoms with Crippen LogP contribution in [-0.4, -0.2) is 23.8 Å². The summed E-state index contributed by atoms with van der Waals surface area (Å²) in [4.78, 5) is 0. The lowest BCUT2D eigenvalue weighted by atomic mass is 9.98. The molecule has 0 aromatic heterocycles. The minimum atomic E-state index is -0.399. The van der Waals surface area contributed by atoms with Crippen LogP contribution in [0.1, 0.15) is 26.2 Å². The molecule has 0 amide bonds. The summed E-state index contributed by atoms with van der Waals surface area (Å²) in [6, 6.07) is 0. The zero-order chi connectivity index (χ0) is 6.74. The van der Waals surface area contributed by atoms with Crippen LogP contribution in [0, 0.1) is 0 Å². The van der Waals surface area contributed by atoms with Crippen molar-refractivity contribution in [1.82, 2.24) is 5.32 Å². The van der Waals surface area contributed by atoms with E-state index in [1.54, 1.807) is 0 Å². The highest BCUT2D eigenvalue weighted by molar-refractivity contribution is 4.76. The summed E-state index contributed by atoms with van der Waals surface area (Å²) in [6.07, 6.45) is 2.94. The molecule has 1 atom stereocenters. The highest BCUT2D eigenvalue weighted by Crippen LogP contribution is 2.17. The molecule has 0 radical (unpaired) electrons. The van der Waals surface area contributed by atoms with Crippen LogP contribution in [0.5, 0.6) is 0 Å². The van der Waals surface area contributed by atoms with Gasteiger partial charge in [-0.15, -0.1) is 0 Å². The van der Waals surface area contributed by atoms with Gasteiger partial charge in [-0.2, -0.15) is 0 Å². The van der Waals surface area contributed by atoms with Crippen molar-refractivity contribution in [2.24, 2.45) is 0 Å². The molecule has 2 nitrogen and oxygen atoms in total. The quantitative estimate of drug-likeness (QED) is 0.499. The second-order valence-corrected chi connectivity index (χ2v) is 3.10. The van der Waals surface area contributed by atoms with Crippen molar-refractivity contribution >= 4 is 0 Å². The minimum absolute atomic E-state index is 0.399. The Bertz CT molecular complexity index is 80.9. The first-order chi connectivity index (χ1) is 4.21. The molecule has 1 unspecified atom stereocenters. The molecule has 2 heteroatoms. The van der Waals surface area contributed by atoms with E-state index in [4.69, 9.17) is 0 Å². The lowest BCUT2D eigenvalue weighted by Crippen LogP contribution is -2.25. The fraction of sp³-hybridized carbons (Fsp3) is 1.00. The van der Waals surface area contributed by atoms with Gasteiger partial charge in [0, 0.05) is 0 Å². The molecule has 1 fully saturated rings. The SMILES string of the molecule is CC1(O)CCCNCC1. The summed E-state index contributed by atoms with van der Waals surface area (Å²) in [6.45, 7) is 3.95. The molecule has 9 heavy (non-hydrogen) atoms. The minimum Gasteiger partial charge on any atom is -0.390 e. The van der Waals surface area contributed by atoms with Crippen LogP contribution in [0.3, 0.4) is 0 Å². The Hall–Kier alpha value is -0.0800. The Morgan fingerprint density at radius 1 is 1.33 bits per heavy atom. The van der Waals surface area contributed by atoms with Gasteiger partial charge < -0.3 is 10.4 Å². The van der Waals surface area contributed by atoms with Crippen LogP contribution >= 0.6 is 0 Å². The van der Waals surface area contributed by atoms with Crippen molar-refractivity contribution in [3.8, 4) is 0 Å². The summed E-state index contributed by atoms with van der Waals surface area (Å²) >= 11 is 0. The van der Waals surface area contributed by atoms with Crippen LogP contribution in [0.2, 0.25) is 0 Å². The molecule has 0 aromatic rings. The molecule has 54 valence electrons. The highest BCUT2D eigenvalue weighted by atomic mass is 16.3. The average Bonchev–Trinajstić information content (AvgIpc) is 1.92. The molecule has 0 spiro atoms. The van der Waals surface area contributed by atoms with E-state index in [1.807, 2.05) is 6.92 Å². The molecular formula is C7H15NO. The number of rotatable bonds is 0. The lowest BCUT2D eigenvalue weighted by molar-refractivity contribution is 0.0477. The molecule has 1 aliphatic rings. The Balaban J connectivity index is 2.36. The van der Waals surface area contributed by atoms with E-state index in [-0.39, 0.29) is 0 Å². The Morgan fingerprint density at radius 2 is 2.11 bits per heavy atom. The van der Waals surface area contributed by atoms with Crippen molar-refractivity contribution < 1.29 is 5.11 Å². The summed E-state index contributed by atoms with van der Waals surface area (Å²) in [7, 11) is 0. The predicted octanol–water partition coefficient (Wildman–Crippen LogP) is 0.511. The Morgan fingerprint density at radius 3 is 2.89 bits per heavy atom. The van der Waals surface area contributed by atoms with Gasteiger partial charge in [-0.05, 0) is 39.3 Å². The van der Waals surface area contributed by atoms with E-state index in [9.17, 15) is 5.11 Å². The summed E-state index contributed by atoms with van der Waals surface area (Å²) in [5.41, 5.74) is -0.399. The topological polar surface area (TPSA) is 32.3 Å². The van der Waals surface area contributed by atoms with Crippen molar-refractivity contribution in [3.05, 3.63) is 0 Å². The van der Waals surface area contributed by atoms with Crippen molar-refractivity contribution in [3.63, 3.8) is 0 Å². The van der Waals surface area contributed by atoms with Gasteiger partial charge in [0.2, 0.25) is 0 Å². The molecule has 1 heterocycles. The highest BCUT2D eigenvalue weighted by Gasteiger charge is 2.20. The zero-order valence-corrected chi connectivity index (χ0v) is 5.98. The third-order valence-electron chi connectivity index (χ3n) is 1.91. The second-order valence-electron chi connectivity index (χ2n) is 3.10.